The van der Waals surface area contributed by atoms with Crippen LogP contribution in [0.15, 0.2) is 30.3 Å². The van der Waals surface area contributed by atoms with Gasteiger partial charge < -0.3 is 10.1 Å². The number of anilines is 1. The molecule has 3 rings (SSSR count). The van der Waals surface area contributed by atoms with Crippen LogP contribution in [0.2, 0.25) is 0 Å². The van der Waals surface area contributed by atoms with Gasteiger partial charge in [-0.1, -0.05) is 30.3 Å². The molecule has 0 bridgehead atoms. The maximum atomic E-state index is 12.2. The third-order valence-electron chi connectivity index (χ3n) is 3.91. The molecule has 1 aromatic heterocycles. The van der Waals surface area contributed by atoms with Crippen LogP contribution in [-0.4, -0.2) is 24.7 Å². The Morgan fingerprint density at radius 2 is 2.04 bits per heavy atom. The number of methoxy groups -OCH3 is 1. The Hall–Kier alpha value is -1.79. The Balaban J connectivity index is 1.61. The normalized spacial score (nSPS) is 12.7. The lowest BCUT2D eigenvalue weighted by Gasteiger charge is -2.07. The van der Waals surface area contributed by atoms with E-state index in [9.17, 15) is 9.59 Å². The molecule has 0 saturated heterocycles. The van der Waals surface area contributed by atoms with Gasteiger partial charge in [-0.3, -0.25) is 4.79 Å². The maximum Gasteiger partial charge on any atom is 0.341 e. The molecule has 4 nitrogen and oxygen atoms in total. The van der Waals surface area contributed by atoms with Crippen LogP contribution in [-0.2, 0) is 28.1 Å². The molecule has 1 aliphatic rings. The molecular formula is C18H19NO3S2. The van der Waals surface area contributed by atoms with Crippen LogP contribution < -0.4 is 5.32 Å². The monoisotopic (exact) mass is 361 g/mol. The van der Waals surface area contributed by atoms with E-state index in [1.807, 2.05) is 30.3 Å². The highest BCUT2D eigenvalue weighted by atomic mass is 32.2. The maximum absolute atomic E-state index is 12.2. The largest absolute Gasteiger partial charge is 0.465 e. The van der Waals surface area contributed by atoms with Crippen molar-refractivity contribution in [2.75, 3.05) is 18.2 Å². The Kier molecular flexibility index (Phi) is 5.58. The predicted molar refractivity (Wildman–Crippen MR) is 98.9 cm³/mol. The highest BCUT2D eigenvalue weighted by molar-refractivity contribution is 7.99. The molecule has 0 atom stereocenters. The number of aryl methyl sites for hydroxylation is 1. The Morgan fingerprint density at radius 3 is 2.79 bits per heavy atom. The van der Waals surface area contributed by atoms with Crippen LogP contribution in [0.3, 0.4) is 0 Å². The SMILES string of the molecule is COC(=O)c1c(NC(=O)CSCc2ccccc2)sc2c1CCC2. The zero-order chi connectivity index (χ0) is 16.9. The topological polar surface area (TPSA) is 55.4 Å². The number of carbonyl (C=O) groups is 2. The van der Waals surface area contributed by atoms with Crippen molar-refractivity contribution in [1.29, 1.82) is 0 Å². The van der Waals surface area contributed by atoms with Crippen LogP contribution in [0.1, 0.15) is 32.8 Å². The molecule has 6 heteroatoms. The number of amides is 1. The van der Waals surface area contributed by atoms with E-state index in [-0.39, 0.29) is 11.9 Å². The van der Waals surface area contributed by atoms with Crippen molar-refractivity contribution in [1.82, 2.24) is 0 Å². The molecular weight excluding hydrogens is 342 g/mol. The number of esters is 1. The Labute approximate surface area is 149 Å². The van der Waals surface area contributed by atoms with Gasteiger partial charge in [0.1, 0.15) is 5.00 Å². The fourth-order valence-electron chi connectivity index (χ4n) is 2.81. The summed E-state index contributed by atoms with van der Waals surface area (Å²) in [6.45, 7) is 0. The summed E-state index contributed by atoms with van der Waals surface area (Å²) in [6.07, 6.45) is 2.92. The van der Waals surface area contributed by atoms with Gasteiger partial charge in [-0.15, -0.1) is 23.1 Å². The average Bonchev–Trinajstić information content (AvgIpc) is 3.15. The fourth-order valence-corrected chi connectivity index (χ4v) is 4.89. The van der Waals surface area contributed by atoms with Crippen molar-refractivity contribution >= 4 is 40.0 Å². The summed E-state index contributed by atoms with van der Waals surface area (Å²) in [5.74, 6) is 0.708. The van der Waals surface area contributed by atoms with Gasteiger partial charge in [0.05, 0.1) is 18.4 Å². The second-order valence-corrected chi connectivity index (χ2v) is 7.67. The molecule has 0 saturated carbocycles. The van der Waals surface area contributed by atoms with Crippen LogP contribution in [0.5, 0.6) is 0 Å². The van der Waals surface area contributed by atoms with Crippen molar-refractivity contribution in [3.05, 3.63) is 51.9 Å². The van der Waals surface area contributed by atoms with Crippen molar-refractivity contribution in [2.45, 2.75) is 25.0 Å². The van der Waals surface area contributed by atoms with E-state index in [0.29, 0.717) is 16.3 Å². The molecule has 0 fully saturated rings. The van der Waals surface area contributed by atoms with E-state index < -0.39 is 0 Å². The predicted octanol–water partition coefficient (Wildman–Crippen LogP) is 3.90. The molecule has 0 spiro atoms. The smallest absolute Gasteiger partial charge is 0.341 e. The summed E-state index contributed by atoms with van der Waals surface area (Å²) in [5.41, 5.74) is 2.80. The number of benzene rings is 1. The number of nitrogens with one attached hydrogen (secondary N) is 1. The lowest BCUT2D eigenvalue weighted by atomic mass is 10.1. The standard InChI is InChI=1S/C18H19NO3S2/c1-22-18(21)16-13-8-5-9-14(13)24-17(16)19-15(20)11-23-10-12-6-3-2-4-7-12/h2-4,6-7H,5,8-11H2,1H3,(H,19,20). The molecule has 1 aromatic carbocycles. The van der Waals surface area contributed by atoms with Crippen molar-refractivity contribution in [2.24, 2.45) is 0 Å². The second kappa shape index (κ2) is 7.85. The third-order valence-corrected chi connectivity index (χ3v) is 6.12. The summed E-state index contributed by atoms with van der Waals surface area (Å²) in [4.78, 5) is 25.5. The third kappa shape index (κ3) is 3.82. The van der Waals surface area contributed by atoms with Gasteiger partial charge in [0.25, 0.3) is 0 Å². The van der Waals surface area contributed by atoms with Crippen LogP contribution >= 0.6 is 23.1 Å². The van der Waals surface area contributed by atoms with Crippen LogP contribution in [0.4, 0.5) is 5.00 Å². The van der Waals surface area contributed by atoms with Gasteiger partial charge >= 0.3 is 5.97 Å². The number of rotatable bonds is 6. The highest BCUT2D eigenvalue weighted by Gasteiger charge is 2.27. The van der Waals surface area contributed by atoms with E-state index >= 15 is 0 Å². The molecule has 1 amide bonds. The number of hydrogen-bond donors (Lipinski definition) is 1. The zero-order valence-electron chi connectivity index (χ0n) is 13.5. The molecule has 0 aliphatic heterocycles. The molecule has 2 aromatic rings. The summed E-state index contributed by atoms with van der Waals surface area (Å²) >= 11 is 3.07. The number of thiophene rings is 1. The lowest BCUT2D eigenvalue weighted by Crippen LogP contribution is -2.16. The van der Waals surface area contributed by atoms with E-state index in [2.05, 4.69) is 5.32 Å². The first-order chi connectivity index (χ1) is 11.7. The van der Waals surface area contributed by atoms with E-state index in [1.54, 1.807) is 11.8 Å². The van der Waals surface area contributed by atoms with Crippen LogP contribution in [0.25, 0.3) is 0 Å². The van der Waals surface area contributed by atoms with Gasteiger partial charge in [0.2, 0.25) is 5.91 Å². The molecule has 1 aliphatic carbocycles. The quantitative estimate of drug-likeness (QED) is 0.793. The fraction of sp³-hybridized carbons (Fsp3) is 0.333. The molecule has 126 valence electrons. The van der Waals surface area contributed by atoms with E-state index in [1.165, 1.54) is 28.9 Å². The lowest BCUT2D eigenvalue weighted by molar-refractivity contribution is -0.113. The van der Waals surface area contributed by atoms with Gasteiger partial charge in [-0.05, 0) is 30.4 Å². The summed E-state index contributed by atoms with van der Waals surface area (Å²) in [7, 11) is 1.38. The number of fused-ring (bicyclic) bond motifs is 1. The van der Waals surface area contributed by atoms with Crippen molar-refractivity contribution in [3.8, 4) is 0 Å². The number of thioether (sulfide) groups is 1. The van der Waals surface area contributed by atoms with E-state index in [4.69, 9.17) is 4.74 Å². The first-order valence-corrected chi connectivity index (χ1v) is 9.80. The molecule has 1 N–H and O–H groups in total. The van der Waals surface area contributed by atoms with Gasteiger partial charge in [0.15, 0.2) is 0 Å². The molecule has 24 heavy (non-hydrogen) atoms. The average molecular weight is 361 g/mol. The number of hydrogen-bond acceptors (Lipinski definition) is 5. The van der Waals surface area contributed by atoms with Gasteiger partial charge in [-0.25, -0.2) is 4.79 Å². The Morgan fingerprint density at radius 1 is 1.25 bits per heavy atom. The van der Waals surface area contributed by atoms with Gasteiger partial charge in [0, 0.05) is 10.6 Å². The minimum absolute atomic E-state index is 0.0824. The van der Waals surface area contributed by atoms with Crippen molar-refractivity contribution in [3.63, 3.8) is 0 Å². The first-order valence-electron chi connectivity index (χ1n) is 7.83. The second-order valence-electron chi connectivity index (χ2n) is 5.58. The number of carbonyl (C=O) groups excluding carboxylic acids is 2. The molecule has 0 radical (unpaired) electrons. The van der Waals surface area contributed by atoms with E-state index in [0.717, 1.165) is 30.6 Å². The summed E-state index contributed by atoms with van der Waals surface area (Å²) < 4.78 is 4.89. The first kappa shape index (κ1) is 17.0. The molecule has 0 unspecified atom stereocenters. The zero-order valence-corrected chi connectivity index (χ0v) is 15.1. The van der Waals surface area contributed by atoms with Gasteiger partial charge in [-0.2, -0.15) is 0 Å². The summed E-state index contributed by atoms with van der Waals surface area (Å²) in [5, 5.41) is 3.54. The van der Waals surface area contributed by atoms with Crippen LogP contribution in [0, 0.1) is 0 Å². The summed E-state index contributed by atoms with van der Waals surface area (Å²) in [6, 6.07) is 10.1. The molecule has 1 heterocycles. The minimum atomic E-state index is -0.360. The Bertz CT molecular complexity index is 740. The number of ether oxygens (including phenoxy) is 1. The minimum Gasteiger partial charge on any atom is -0.465 e. The highest BCUT2D eigenvalue weighted by Crippen LogP contribution is 2.39. The van der Waals surface area contributed by atoms with Crippen molar-refractivity contribution < 1.29 is 14.3 Å².